The van der Waals surface area contributed by atoms with Crippen molar-refractivity contribution in [3.05, 3.63) is 29.6 Å². The fraction of sp³-hybridized carbons (Fsp3) is 0.375. The van der Waals surface area contributed by atoms with Crippen LogP contribution in [0.1, 0.15) is 11.1 Å². The summed E-state index contributed by atoms with van der Waals surface area (Å²) < 4.78 is 36.9. The van der Waals surface area contributed by atoms with Crippen molar-refractivity contribution in [1.29, 1.82) is 0 Å². The van der Waals surface area contributed by atoms with E-state index >= 15 is 0 Å². The van der Waals surface area contributed by atoms with Crippen molar-refractivity contribution >= 4 is 24.8 Å². The number of alkyl halides is 3. The van der Waals surface area contributed by atoms with Crippen molar-refractivity contribution < 1.29 is 13.2 Å². The van der Waals surface area contributed by atoms with Crippen molar-refractivity contribution in [1.82, 2.24) is 10.3 Å². The Morgan fingerprint density at radius 3 is 2.40 bits per heavy atom. The summed E-state index contributed by atoms with van der Waals surface area (Å²) >= 11 is 0. The molecule has 2 nitrogen and oxygen atoms in total. The lowest BCUT2D eigenvalue weighted by Crippen LogP contribution is -2.14. The highest BCUT2D eigenvalue weighted by molar-refractivity contribution is 5.85. The smallest absolute Gasteiger partial charge is 0.316 e. The Morgan fingerprint density at radius 1 is 1.33 bits per heavy atom. The lowest BCUT2D eigenvalue weighted by atomic mass is 10.1. The Kier molecular flexibility index (Phi) is 7.74. The SMILES string of the molecule is CNCc1cnccc1C(F)(F)F.Cl.Cl. The molecule has 88 valence electrons. The molecular weight excluding hydrogens is 252 g/mol. The van der Waals surface area contributed by atoms with Gasteiger partial charge in [0.15, 0.2) is 0 Å². The first-order chi connectivity index (χ1) is 6.05. The molecule has 0 saturated carbocycles. The molecular formula is C8H11Cl2F3N2. The fourth-order valence-corrected chi connectivity index (χ4v) is 1.04. The summed E-state index contributed by atoms with van der Waals surface area (Å²) in [7, 11) is 1.59. The molecule has 0 aliphatic carbocycles. The zero-order chi connectivity index (χ0) is 9.90. The minimum absolute atomic E-state index is 0. The fourth-order valence-electron chi connectivity index (χ4n) is 1.04. The molecule has 1 N–H and O–H groups in total. The summed E-state index contributed by atoms with van der Waals surface area (Å²) in [5.41, 5.74) is -0.464. The highest BCUT2D eigenvalue weighted by Gasteiger charge is 2.32. The predicted octanol–water partition coefficient (Wildman–Crippen LogP) is 2.66. The zero-order valence-corrected chi connectivity index (χ0v) is 9.47. The van der Waals surface area contributed by atoms with E-state index in [9.17, 15) is 13.2 Å². The quantitative estimate of drug-likeness (QED) is 0.887. The van der Waals surface area contributed by atoms with Crippen LogP contribution in [0.4, 0.5) is 13.2 Å². The standard InChI is InChI=1S/C8H9F3N2.2ClH/c1-12-4-6-5-13-3-2-7(6)8(9,10)11;;/h2-3,5,12H,4H2,1H3;2*1H. The Labute approximate surface area is 98.1 Å². The molecule has 1 aromatic heterocycles. The maximum Gasteiger partial charge on any atom is 0.416 e. The highest BCUT2D eigenvalue weighted by atomic mass is 35.5. The summed E-state index contributed by atoms with van der Waals surface area (Å²) in [4.78, 5) is 3.64. The van der Waals surface area contributed by atoms with Crippen LogP contribution < -0.4 is 5.32 Å². The molecule has 0 radical (unpaired) electrons. The van der Waals surface area contributed by atoms with Gasteiger partial charge in [-0.25, -0.2) is 0 Å². The summed E-state index contributed by atoms with van der Waals surface area (Å²) in [6.07, 6.45) is -1.93. The number of hydrogen-bond donors (Lipinski definition) is 1. The van der Waals surface area contributed by atoms with Gasteiger partial charge in [-0.1, -0.05) is 0 Å². The number of aromatic nitrogens is 1. The third kappa shape index (κ3) is 4.68. The molecule has 1 aromatic rings. The minimum atomic E-state index is -4.30. The second kappa shape index (κ2) is 6.87. The second-order valence-corrected chi connectivity index (χ2v) is 2.56. The molecule has 0 amide bonds. The van der Waals surface area contributed by atoms with Crippen molar-refractivity contribution in [3.63, 3.8) is 0 Å². The number of pyridine rings is 1. The monoisotopic (exact) mass is 262 g/mol. The van der Waals surface area contributed by atoms with E-state index < -0.39 is 11.7 Å². The molecule has 0 aliphatic rings. The average molecular weight is 263 g/mol. The van der Waals surface area contributed by atoms with E-state index in [1.807, 2.05) is 0 Å². The van der Waals surface area contributed by atoms with Gasteiger partial charge in [0.05, 0.1) is 5.56 Å². The first-order valence-corrected chi connectivity index (χ1v) is 3.70. The molecule has 0 fully saturated rings. The largest absolute Gasteiger partial charge is 0.416 e. The lowest BCUT2D eigenvalue weighted by Gasteiger charge is -2.10. The Balaban J connectivity index is 0. The third-order valence-corrected chi connectivity index (χ3v) is 1.58. The predicted molar refractivity (Wildman–Crippen MR) is 56.5 cm³/mol. The molecule has 0 saturated heterocycles. The van der Waals surface area contributed by atoms with Gasteiger partial charge in [0.25, 0.3) is 0 Å². The van der Waals surface area contributed by atoms with Gasteiger partial charge < -0.3 is 5.32 Å². The Morgan fingerprint density at radius 2 is 1.93 bits per heavy atom. The molecule has 0 atom stereocenters. The third-order valence-electron chi connectivity index (χ3n) is 1.58. The average Bonchev–Trinajstić information content (AvgIpc) is 2.04. The first kappa shape index (κ1) is 16.9. The van der Waals surface area contributed by atoms with Crippen molar-refractivity contribution in [2.75, 3.05) is 7.05 Å². The van der Waals surface area contributed by atoms with Crippen LogP contribution in [0.15, 0.2) is 18.5 Å². The van der Waals surface area contributed by atoms with Crippen LogP contribution in [0.3, 0.4) is 0 Å². The van der Waals surface area contributed by atoms with Gasteiger partial charge in [0.2, 0.25) is 0 Å². The maximum absolute atomic E-state index is 12.3. The van der Waals surface area contributed by atoms with E-state index in [1.165, 1.54) is 6.20 Å². The first-order valence-electron chi connectivity index (χ1n) is 3.70. The van der Waals surface area contributed by atoms with Gasteiger partial charge in [-0.05, 0) is 18.7 Å². The highest BCUT2D eigenvalue weighted by Crippen LogP contribution is 2.31. The molecule has 0 spiro atoms. The molecule has 1 heterocycles. The van der Waals surface area contributed by atoms with Crippen LogP contribution in [0, 0.1) is 0 Å². The van der Waals surface area contributed by atoms with Gasteiger partial charge in [0.1, 0.15) is 0 Å². The maximum atomic E-state index is 12.3. The van der Waals surface area contributed by atoms with Crippen LogP contribution in [0.2, 0.25) is 0 Å². The van der Waals surface area contributed by atoms with E-state index in [0.29, 0.717) is 0 Å². The number of halogens is 5. The number of nitrogens with zero attached hydrogens (tertiary/aromatic N) is 1. The summed E-state index contributed by atoms with van der Waals surface area (Å²) in [5, 5.41) is 2.66. The van der Waals surface area contributed by atoms with E-state index in [2.05, 4.69) is 10.3 Å². The molecule has 0 bridgehead atoms. The number of hydrogen-bond acceptors (Lipinski definition) is 2. The molecule has 15 heavy (non-hydrogen) atoms. The van der Waals surface area contributed by atoms with Gasteiger partial charge in [-0.2, -0.15) is 13.2 Å². The van der Waals surface area contributed by atoms with Gasteiger partial charge in [-0.3, -0.25) is 4.98 Å². The number of rotatable bonds is 2. The summed E-state index contributed by atoms with van der Waals surface area (Å²) in [6.45, 7) is 0.169. The van der Waals surface area contributed by atoms with Crippen molar-refractivity contribution in [2.45, 2.75) is 12.7 Å². The molecule has 0 aliphatic heterocycles. The van der Waals surface area contributed by atoms with Crippen molar-refractivity contribution in [2.24, 2.45) is 0 Å². The lowest BCUT2D eigenvalue weighted by molar-refractivity contribution is -0.138. The van der Waals surface area contributed by atoms with Crippen molar-refractivity contribution in [3.8, 4) is 0 Å². The zero-order valence-electron chi connectivity index (χ0n) is 7.84. The normalized spacial score (nSPS) is 10.1. The van der Waals surface area contributed by atoms with Crippen LogP contribution in [0.5, 0.6) is 0 Å². The molecule has 7 heteroatoms. The van der Waals surface area contributed by atoms with Crippen LogP contribution in [-0.4, -0.2) is 12.0 Å². The van der Waals surface area contributed by atoms with E-state index in [0.717, 1.165) is 12.3 Å². The molecule has 0 unspecified atom stereocenters. The molecule has 0 aromatic carbocycles. The van der Waals surface area contributed by atoms with E-state index in [4.69, 9.17) is 0 Å². The minimum Gasteiger partial charge on any atom is -0.316 e. The molecule has 1 rings (SSSR count). The van der Waals surface area contributed by atoms with E-state index in [1.54, 1.807) is 7.05 Å². The Hall–Kier alpha value is -0.520. The van der Waals surface area contributed by atoms with Crippen LogP contribution in [-0.2, 0) is 12.7 Å². The van der Waals surface area contributed by atoms with Gasteiger partial charge in [0, 0.05) is 18.9 Å². The topological polar surface area (TPSA) is 24.9 Å². The summed E-state index contributed by atoms with van der Waals surface area (Å²) in [5.74, 6) is 0. The van der Waals surface area contributed by atoms with Crippen LogP contribution in [0.25, 0.3) is 0 Å². The van der Waals surface area contributed by atoms with Gasteiger partial charge >= 0.3 is 6.18 Å². The van der Waals surface area contributed by atoms with Crippen LogP contribution >= 0.6 is 24.8 Å². The Bertz CT molecular complexity index is 291. The van der Waals surface area contributed by atoms with Gasteiger partial charge in [-0.15, -0.1) is 24.8 Å². The second-order valence-electron chi connectivity index (χ2n) is 2.56. The number of nitrogens with one attached hydrogen (secondary N) is 1. The van der Waals surface area contributed by atoms with E-state index in [-0.39, 0.29) is 36.9 Å². The summed E-state index contributed by atoms with van der Waals surface area (Å²) in [6, 6.07) is 0.979.